The molecule has 2 aromatic carbocycles. The van der Waals surface area contributed by atoms with E-state index in [1.165, 1.54) is 11.4 Å². The largest absolute Gasteiger partial charge is 0.547 e. The Morgan fingerprint density at radius 2 is 2.03 bits per heavy atom. The van der Waals surface area contributed by atoms with Gasteiger partial charge in [0.2, 0.25) is 0 Å². The fraction of sp³-hybridized carbons (Fsp3) is 0.174. The molecule has 1 unspecified atom stereocenters. The number of oxime groups is 1. The number of aromatic nitrogens is 1. The molecule has 1 aliphatic rings. The van der Waals surface area contributed by atoms with Crippen molar-refractivity contribution < 1.29 is 33.9 Å². The maximum atomic E-state index is 13.1. The van der Waals surface area contributed by atoms with Gasteiger partial charge in [-0.05, 0) is 42.3 Å². The average molecular weight is 538 g/mol. The first kappa shape index (κ1) is 26.4. The lowest BCUT2D eigenvalue weighted by Gasteiger charge is -2.28. The van der Waals surface area contributed by atoms with Crippen LogP contribution in [-0.2, 0) is 16.1 Å². The van der Waals surface area contributed by atoms with E-state index in [0.29, 0.717) is 16.9 Å². The number of amidine groups is 1. The molecule has 0 fully saturated rings. The lowest BCUT2D eigenvalue weighted by atomic mass is 9.72. The Bertz CT molecular complexity index is 1380. The number of aromatic carboxylic acids is 1. The molecule has 196 valence electrons. The molecule has 0 radical (unpaired) electrons. The van der Waals surface area contributed by atoms with Crippen LogP contribution in [0.5, 0.6) is 11.5 Å². The number of anilines is 1. The number of benzene rings is 2. The number of carbonyl (C=O) groups is 2. The van der Waals surface area contributed by atoms with Crippen LogP contribution in [0.4, 0.5) is 5.13 Å². The molecular formula is C23H23BN6O7S. The number of nitrogens with two attached hydrogens (primary N) is 2. The first-order valence-electron chi connectivity index (χ1n) is 11.2. The van der Waals surface area contributed by atoms with E-state index in [1.54, 1.807) is 36.4 Å². The minimum atomic E-state index is -1.50. The molecule has 0 saturated carbocycles. The monoisotopic (exact) mass is 538 g/mol. The number of thiazole rings is 1. The minimum Gasteiger partial charge on any atom is -0.534 e. The van der Waals surface area contributed by atoms with Crippen LogP contribution in [0.15, 0.2) is 53.0 Å². The van der Waals surface area contributed by atoms with Crippen molar-refractivity contribution in [3.05, 3.63) is 70.2 Å². The van der Waals surface area contributed by atoms with Crippen molar-refractivity contribution in [3.63, 3.8) is 0 Å². The molecule has 1 amide bonds. The first-order valence-corrected chi connectivity index (χ1v) is 12.1. The van der Waals surface area contributed by atoms with Gasteiger partial charge in [-0.15, -0.1) is 11.3 Å². The number of fused-ring (bicyclic) bond motifs is 1. The molecule has 0 aliphatic carbocycles. The molecule has 1 atom stereocenters. The summed E-state index contributed by atoms with van der Waals surface area (Å²) in [6.45, 7) is 0.0975. The highest BCUT2D eigenvalue weighted by molar-refractivity contribution is 7.13. The number of para-hydroxylation sites is 1. The van der Waals surface area contributed by atoms with Crippen LogP contribution in [0.25, 0.3) is 0 Å². The van der Waals surface area contributed by atoms with Gasteiger partial charge in [-0.1, -0.05) is 17.3 Å². The fourth-order valence-corrected chi connectivity index (χ4v) is 4.14. The smallest absolute Gasteiger partial charge is 0.534 e. The zero-order chi connectivity index (χ0) is 27.2. The number of carboxylic acids is 1. The summed E-state index contributed by atoms with van der Waals surface area (Å²) < 4.78 is 11.0. The molecule has 13 nitrogen and oxygen atoms in total. The Labute approximate surface area is 220 Å². The number of nitrogen functional groups attached to an aromatic ring is 2. The highest BCUT2D eigenvalue weighted by Crippen LogP contribution is 2.30. The van der Waals surface area contributed by atoms with Gasteiger partial charge in [-0.2, -0.15) is 0 Å². The first-order chi connectivity index (χ1) is 18.2. The van der Waals surface area contributed by atoms with Crippen molar-refractivity contribution in [2.75, 3.05) is 18.9 Å². The summed E-state index contributed by atoms with van der Waals surface area (Å²) in [5.41, 5.74) is 12.1. The van der Waals surface area contributed by atoms with Crippen LogP contribution in [0.2, 0.25) is 0 Å². The molecule has 1 aliphatic heterocycles. The Morgan fingerprint density at radius 1 is 1.26 bits per heavy atom. The maximum absolute atomic E-state index is 13.1. The number of nitrogens with one attached hydrogen (secondary N) is 2. The highest BCUT2D eigenvalue weighted by atomic mass is 32.1. The van der Waals surface area contributed by atoms with E-state index in [9.17, 15) is 19.7 Å². The zero-order valence-electron chi connectivity index (χ0n) is 19.8. The predicted molar refractivity (Wildman–Crippen MR) is 140 cm³/mol. The second-order valence-electron chi connectivity index (χ2n) is 8.02. The quantitative estimate of drug-likeness (QED) is 0.0696. The summed E-state index contributed by atoms with van der Waals surface area (Å²) in [7, 11) is -1.50. The highest BCUT2D eigenvalue weighted by Gasteiger charge is 2.38. The lowest BCUT2D eigenvalue weighted by molar-refractivity contribution is -0.115. The van der Waals surface area contributed by atoms with Crippen LogP contribution < -0.4 is 26.2 Å². The minimum absolute atomic E-state index is 0.00857. The third-order valence-corrected chi connectivity index (χ3v) is 6.08. The van der Waals surface area contributed by atoms with Crippen molar-refractivity contribution >= 4 is 47.0 Å². The second kappa shape index (κ2) is 11.6. The Hall–Kier alpha value is -4.63. The number of rotatable bonds is 10. The van der Waals surface area contributed by atoms with Gasteiger partial charge in [-0.25, -0.2) is 9.78 Å². The third-order valence-electron chi connectivity index (χ3n) is 5.41. The van der Waals surface area contributed by atoms with Crippen LogP contribution >= 0.6 is 11.3 Å². The van der Waals surface area contributed by atoms with Crippen molar-refractivity contribution in [3.8, 4) is 11.5 Å². The topological polar surface area (TPSA) is 215 Å². The van der Waals surface area contributed by atoms with Gasteiger partial charge in [0.25, 0.3) is 5.91 Å². The van der Waals surface area contributed by atoms with Crippen molar-refractivity contribution in [1.82, 2.24) is 10.3 Å². The average Bonchev–Trinajstić information content (AvgIpc) is 3.32. The summed E-state index contributed by atoms with van der Waals surface area (Å²) >= 11 is 1.11. The van der Waals surface area contributed by atoms with Gasteiger partial charge >= 0.3 is 13.1 Å². The van der Waals surface area contributed by atoms with E-state index >= 15 is 0 Å². The van der Waals surface area contributed by atoms with Crippen LogP contribution in [0.3, 0.4) is 0 Å². The summed E-state index contributed by atoms with van der Waals surface area (Å²) in [4.78, 5) is 33.9. The van der Waals surface area contributed by atoms with Crippen molar-refractivity contribution in [2.24, 2.45) is 10.9 Å². The number of hydrogen-bond acceptors (Lipinski definition) is 11. The van der Waals surface area contributed by atoms with E-state index in [-0.39, 0.29) is 53.3 Å². The van der Waals surface area contributed by atoms with Crippen LogP contribution in [-0.4, -0.2) is 64.8 Å². The van der Waals surface area contributed by atoms with Gasteiger partial charge in [0, 0.05) is 10.9 Å². The summed E-state index contributed by atoms with van der Waals surface area (Å²) in [6, 6.07) is 11.2. The Kier molecular flexibility index (Phi) is 8.08. The van der Waals surface area contributed by atoms with E-state index in [2.05, 4.69) is 15.5 Å². The van der Waals surface area contributed by atoms with Gasteiger partial charge in [0.1, 0.15) is 29.6 Å². The van der Waals surface area contributed by atoms with Crippen LogP contribution in [0.1, 0.15) is 27.2 Å². The van der Waals surface area contributed by atoms with Gasteiger partial charge in [0.15, 0.2) is 17.5 Å². The number of hydrogen-bond donors (Lipinski definition) is 6. The Morgan fingerprint density at radius 3 is 2.68 bits per heavy atom. The van der Waals surface area contributed by atoms with Gasteiger partial charge in [-0.3, -0.25) is 10.2 Å². The summed E-state index contributed by atoms with van der Waals surface area (Å²) in [5, 5.41) is 35.5. The number of amides is 1. The number of ether oxygens (including phenoxy) is 1. The van der Waals surface area contributed by atoms with Gasteiger partial charge < -0.3 is 41.1 Å². The molecule has 38 heavy (non-hydrogen) atoms. The standard InChI is InChI=1S/C23H23BN6O7S/c25-20(26)12-4-6-14(7-5-12)35-8-9-36-30-18(16-11-38-23(27)28-16)21(31)29-17-10-13-2-1-3-15(22(32)33)19(13)37-24(17)34/h1-7,11,17,34H,8-10H2,(H3,25,26)(H2,27,28)(H,29,31)(H,32,33). The molecule has 8 N–H and O–H groups in total. The Balaban J connectivity index is 1.41. The van der Waals surface area contributed by atoms with E-state index in [1.807, 2.05) is 0 Å². The number of nitrogens with zero attached hydrogens (tertiary/aromatic N) is 2. The number of carboxylic acid groups (broad SMARTS) is 1. The fourth-order valence-electron chi connectivity index (χ4n) is 3.59. The molecule has 0 bridgehead atoms. The molecule has 1 aromatic heterocycles. The van der Waals surface area contributed by atoms with E-state index in [0.717, 1.165) is 11.3 Å². The van der Waals surface area contributed by atoms with Crippen molar-refractivity contribution in [1.29, 1.82) is 5.41 Å². The molecular weight excluding hydrogens is 515 g/mol. The number of carbonyl (C=O) groups excluding carboxylic acids is 1. The molecule has 15 heteroatoms. The lowest BCUT2D eigenvalue weighted by Crippen LogP contribution is -2.54. The van der Waals surface area contributed by atoms with Gasteiger partial charge in [0.05, 0.1) is 11.5 Å². The molecule has 4 rings (SSSR count). The summed E-state index contributed by atoms with van der Waals surface area (Å²) in [5.74, 6) is -2.27. The second-order valence-corrected chi connectivity index (χ2v) is 8.91. The SMILES string of the molecule is N=C(N)c1ccc(OCCON=C(C(=O)NC2Cc3cccc(C(=O)O)c3OB2O)c2csc(N)n2)cc1. The molecule has 0 saturated heterocycles. The maximum Gasteiger partial charge on any atom is 0.547 e. The molecule has 3 aromatic rings. The van der Waals surface area contributed by atoms with Crippen LogP contribution in [0, 0.1) is 5.41 Å². The predicted octanol–water partition coefficient (Wildman–Crippen LogP) is 0.647. The normalized spacial score (nSPS) is 14.7. The van der Waals surface area contributed by atoms with E-state index in [4.69, 9.17) is 31.1 Å². The third kappa shape index (κ3) is 6.19. The van der Waals surface area contributed by atoms with Crippen molar-refractivity contribution in [2.45, 2.75) is 12.4 Å². The summed E-state index contributed by atoms with van der Waals surface area (Å²) in [6.07, 6.45) is 0.118. The van der Waals surface area contributed by atoms with E-state index < -0.39 is 24.9 Å². The molecule has 2 heterocycles. The zero-order valence-corrected chi connectivity index (χ0v) is 20.6. The molecule has 0 spiro atoms.